The molecule has 1 fully saturated rings. The molecule has 0 aromatic heterocycles. The quantitative estimate of drug-likeness (QED) is 0.453. The van der Waals surface area contributed by atoms with Crippen LogP contribution in [0.4, 0.5) is 13.2 Å². The summed E-state index contributed by atoms with van der Waals surface area (Å²) in [5.74, 6) is 0. The lowest BCUT2D eigenvalue weighted by Gasteiger charge is -2.28. The molecule has 66 valence electrons. The van der Waals surface area contributed by atoms with Gasteiger partial charge < -0.3 is 0 Å². The maximum absolute atomic E-state index is 12.0. The van der Waals surface area contributed by atoms with Crippen LogP contribution < -0.4 is 5.32 Å². The second-order valence-electron chi connectivity index (χ2n) is 2.66. The van der Waals surface area contributed by atoms with E-state index < -0.39 is 17.7 Å². The fourth-order valence-corrected chi connectivity index (χ4v) is 1.45. The summed E-state index contributed by atoms with van der Waals surface area (Å²) in [5, 5.41) is 2.30. The van der Waals surface area contributed by atoms with Gasteiger partial charge in [0, 0.05) is 0 Å². The Morgan fingerprint density at radius 1 is 1.27 bits per heavy atom. The molecule has 0 spiro atoms. The molecule has 2 unspecified atom stereocenters. The van der Waals surface area contributed by atoms with Gasteiger partial charge in [-0.2, -0.15) is 13.2 Å². The topological polar surface area (TPSA) is 12.0 Å². The largest absolute Gasteiger partial charge is 0.403 e. The van der Waals surface area contributed by atoms with Crippen molar-refractivity contribution in [3.63, 3.8) is 0 Å². The van der Waals surface area contributed by atoms with Crippen LogP contribution in [-0.4, -0.2) is 17.7 Å². The van der Waals surface area contributed by atoms with Crippen LogP contribution in [-0.2, 0) is 0 Å². The number of hydrogen-bond acceptors (Lipinski definition) is 1. The standard InChI is InChI=1S/C6H9ClF3N/c7-5-3-1-2-4(11-5)6(8,9)10/h4-5,11H,1-3H2. The van der Waals surface area contributed by atoms with Crippen LogP contribution in [0.2, 0.25) is 0 Å². The first-order chi connectivity index (χ1) is 5.00. The highest BCUT2D eigenvalue weighted by Crippen LogP contribution is 2.28. The molecule has 1 nitrogen and oxygen atoms in total. The lowest BCUT2D eigenvalue weighted by Crippen LogP contribution is -2.48. The van der Waals surface area contributed by atoms with Crippen LogP contribution in [0.15, 0.2) is 0 Å². The third-order valence-electron chi connectivity index (χ3n) is 1.73. The highest BCUT2D eigenvalue weighted by Gasteiger charge is 2.41. The smallest absolute Gasteiger partial charge is 0.290 e. The van der Waals surface area contributed by atoms with E-state index in [2.05, 4.69) is 5.32 Å². The van der Waals surface area contributed by atoms with E-state index in [-0.39, 0.29) is 6.42 Å². The first kappa shape index (κ1) is 9.13. The molecule has 11 heavy (non-hydrogen) atoms. The second kappa shape index (κ2) is 3.19. The van der Waals surface area contributed by atoms with Gasteiger partial charge in [-0.05, 0) is 19.3 Å². The van der Waals surface area contributed by atoms with Crippen molar-refractivity contribution >= 4 is 11.6 Å². The molecule has 1 N–H and O–H groups in total. The van der Waals surface area contributed by atoms with Gasteiger partial charge in [0.1, 0.15) is 6.04 Å². The van der Waals surface area contributed by atoms with Gasteiger partial charge in [0.2, 0.25) is 0 Å². The monoisotopic (exact) mass is 187 g/mol. The van der Waals surface area contributed by atoms with Crippen molar-refractivity contribution in [2.75, 3.05) is 0 Å². The van der Waals surface area contributed by atoms with E-state index >= 15 is 0 Å². The average molecular weight is 188 g/mol. The molecule has 0 aromatic carbocycles. The minimum atomic E-state index is -4.15. The van der Waals surface area contributed by atoms with Gasteiger partial charge in [-0.25, -0.2) is 0 Å². The van der Waals surface area contributed by atoms with Crippen LogP contribution in [0.1, 0.15) is 19.3 Å². The summed E-state index contributed by atoms with van der Waals surface area (Å²) in [6.07, 6.45) is -2.83. The molecule has 0 saturated carbocycles. The zero-order chi connectivity index (χ0) is 8.48. The Balaban J connectivity index is 2.46. The molecule has 0 aromatic rings. The number of halogens is 4. The van der Waals surface area contributed by atoms with Crippen LogP contribution in [0.3, 0.4) is 0 Å². The van der Waals surface area contributed by atoms with Crippen LogP contribution >= 0.6 is 11.6 Å². The second-order valence-corrected chi connectivity index (χ2v) is 3.19. The molecule has 0 aliphatic carbocycles. The van der Waals surface area contributed by atoms with Gasteiger partial charge in [0.15, 0.2) is 0 Å². The summed E-state index contributed by atoms with van der Waals surface area (Å²) in [5.41, 5.74) is -0.518. The SMILES string of the molecule is FC(F)(F)C1CCCC(Cl)N1. The Kier molecular flexibility index (Phi) is 2.65. The lowest BCUT2D eigenvalue weighted by molar-refractivity contribution is -0.161. The Labute approximate surface area is 67.9 Å². The van der Waals surface area contributed by atoms with Crippen molar-refractivity contribution in [2.45, 2.75) is 37.0 Å². The van der Waals surface area contributed by atoms with Crippen molar-refractivity contribution in [3.05, 3.63) is 0 Å². The van der Waals surface area contributed by atoms with E-state index in [1.165, 1.54) is 0 Å². The fourth-order valence-electron chi connectivity index (χ4n) is 1.14. The Bertz CT molecular complexity index is 136. The average Bonchev–Trinajstić information content (AvgIpc) is 1.86. The van der Waals surface area contributed by atoms with Crippen LogP contribution in [0.5, 0.6) is 0 Å². The van der Waals surface area contributed by atoms with E-state index in [0.29, 0.717) is 12.8 Å². The predicted molar refractivity (Wildman–Crippen MR) is 36.5 cm³/mol. The van der Waals surface area contributed by atoms with Gasteiger partial charge >= 0.3 is 6.18 Å². The van der Waals surface area contributed by atoms with E-state index in [4.69, 9.17) is 11.6 Å². The molecule has 0 radical (unpaired) electrons. The number of rotatable bonds is 0. The first-order valence-electron chi connectivity index (χ1n) is 3.47. The van der Waals surface area contributed by atoms with Crippen molar-refractivity contribution < 1.29 is 13.2 Å². The van der Waals surface area contributed by atoms with Crippen molar-refractivity contribution in [3.8, 4) is 0 Å². The lowest BCUT2D eigenvalue weighted by atomic mass is 10.0. The van der Waals surface area contributed by atoms with Crippen LogP contribution in [0.25, 0.3) is 0 Å². The van der Waals surface area contributed by atoms with E-state index in [1.54, 1.807) is 0 Å². The molecule has 1 aliphatic heterocycles. The zero-order valence-electron chi connectivity index (χ0n) is 5.79. The molecule has 0 bridgehead atoms. The molecule has 0 amide bonds. The summed E-state index contributed by atoms with van der Waals surface area (Å²) >= 11 is 5.51. The molecule has 1 aliphatic rings. The van der Waals surface area contributed by atoms with Crippen molar-refractivity contribution in [1.82, 2.24) is 5.32 Å². The highest BCUT2D eigenvalue weighted by molar-refractivity contribution is 6.20. The maximum Gasteiger partial charge on any atom is 0.403 e. The number of piperidine rings is 1. The van der Waals surface area contributed by atoms with Crippen molar-refractivity contribution in [2.24, 2.45) is 0 Å². The predicted octanol–water partition coefficient (Wildman–Crippen LogP) is 2.26. The minimum Gasteiger partial charge on any atom is -0.290 e. The third-order valence-corrected chi connectivity index (χ3v) is 2.07. The van der Waals surface area contributed by atoms with Gasteiger partial charge in [-0.1, -0.05) is 0 Å². The summed E-state index contributed by atoms with van der Waals surface area (Å²) in [4.78, 5) is 0. The highest BCUT2D eigenvalue weighted by atomic mass is 35.5. The molecular formula is C6H9ClF3N. The van der Waals surface area contributed by atoms with E-state index in [1.807, 2.05) is 0 Å². The molecule has 5 heteroatoms. The number of hydrogen-bond donors (Lipinski definition) is 1. The zero-order valence-corrected chi connectivity index (χ0v) is 6.54. The molecule has 1 heterocycles. The van der Waals surface area contributed by atoms with Crippen LogP contribution in [0, 0.1) is 0 Å². The molecule has 2 atom stereocenters. The van der Waals surface area contributed by atoms with E-state index in [0.717, 1.165) is 0 Å². The summed E-state index contributed by atoms with van der Waals surface area (Å²) in [7, 11) is 0. The molecular weight excluding hydrogens is 179 g/mol. The molecule has 1 saturated heterocycles. The fraction of sp³-hybridized carbons (Fsp3) is 1.00. The summed E-state index contributed by atoms with van der Waals surface area (Å²) in [6.45, 7) is 0. The summed E-state index contributed by atoms with van der Waals surface area (Å²) in [6, 6.07) is -1.40. The van der Waals surface area contributed by atoms with Gasteiger partial charge in [0.05, 0.1) is 5.50 Å². The minimum absolute atomic E-state index is 0.146. The molecule has 1 rings (SSSR count). The normalized spacial score (nSPS) is 33.8. The van der Waals surface area contributed by atoms with Crippen molar-refractivity contribution in [1.29, 1.82) is 0 Å². The summed E-state index contributed by atoms with van der Waals surface area (Å²) < 4.78 is 36.0. The van der Waals surface area contributed by atoms with Gasteiger partial charge in [0.25, 0.3) is 0 Å². The Hall–Kier alpha value is 0.0400. The number of nitrogens with one attached hydrogen (secondary N) is 1. The Morgan fingerprint density at radius 3 is 2.27 bits per heavy atom. The maximum atomic E-state index is 12.0. The Morgan fingerprint density at radius 2 is 1.91 bits per heavy atom. The van der Waals surface area contributed by atoms with E-state index in [9.17, 15) is 13.2 Å². The number of alkyl halides is 4. The third kappa shape index (κ3) is 2.52. The van der Waals surface area contributed by atoms with Gasteiger partial charge in [-0.15, -0.1) is 11.6 Å². The first-order valence-corrected chi connectivity index (χ1v) is 3.90. The van der Waals surface area contributed by atoms with Gasteiger partial charge in [-0.3, -0.25) is 5.32 Å².